The van der Waals surface area contributed by atoms with Crippen molar-refractivity contribution in [1.29, 1.82) is 0 Å². The van der Waals surface area contributed by atoms with Gasteiger partial charge in [-0.25, -0.2) is 4.39 Å². The summed E-state index contributed by atoms with van der Waals surface area (Å²) < 4.78 is 18.5. The van der Waals surface area contributed by atoms with Crippen LogP contribution in [0.15, 0.2) is 42.5 Å². The molecule has 1 fully saturated rings. The minimum absolute atomic E-state index is 0.0232. The van der Waals surface area contributed by atoms with Crippen molar-refractivity contribution >= 4 is 23.2 Å². The van der Waals surface area contributed by atoms with E-state index in [1.807, 2.05) is 0 Å². The molecule has 0 atom stereocenters. The summed E-state index contributed by atoms with van der Waals surface area (Å²) in [6, 6.07) is 11.7. The molecule has 5 nitrogen and oxygen atoms in total. The summed E-state index contributed by atoms with van der Waals surface area (Å²) in [5.41, 5.74) is 2.00. The fourth-order valence-corrected chi connectivity index (χ4v) is 2.61. The number of halogens is 1. The Morgan fingerprint density at radius 3 is 2.50 bits per heavy atom. The van der Waals surface area contributed by atoms with Crippen LogP contribution in [-0.2, 0) is 16.0 Å². The smallest absolute Gasteiger partial charge is 0.227 e. The number of benzene rings is 2. The second kappa shape index (κ2) is 7.99. The van der Waals surface area contributed by atoms with Crippen molar-refractivity contribution in [3.8, 4) is 5.75 Å². The van der Waals surface area contributed by atoms with E-state index in [4.69, 9.17) is 4.74 Å². The van der Waals surface area contributed by atoms with Crippen molar-refractivity contribution in [3.63, 3.8) is 0 Å². The number of hydrogen-bond acceptors (Lipinski definition) is 3. The van der Waals surface area contributed by atoms with Gasteiger partial charge < -0.3 is 15.4 Å². The fraction of sp³-hybridized carbons (Fsp3) is 0.300. The third-order valence-electron chi connectivity index (χ3n) is 4.22. The molecule has 2 aromatic carbocycles. The zero-order valence-electron chi connectivity index (χ0n) is 14.5. The standard InChI is InChI=1S/C20H21FN2O3/c1-26-18-9-5-13(11-17(18)21)6-10-19(24)22-15-3-2-4-16(12-15)23-20(25)14-7-8-14/h2-5,9,11-12,14H,6-8,10H2,1H3,(H,22,24)(H,23,25). The molecule has 1 saturated carbocycles. The van der Waals surface area contributed by atoms with Crippen molar-refractivity contribution in [2.75, 3.05) is 17.7 Å². The van der Waals surface area contributed by atoms with Crippen LogP contribution in [0.25, 0.3) is 0 Å². The van der Waals surface area contributed by atoms with Crippen molar-refractivity contribution in [3.05, 3.63) is 53.8 Å². The number of anilines is 2. The largest absolute Gasteiger partial charge is 0.494 e. The molecular weight excluding hydrogens is 335 g/mol. The molecule has 3 rings (SSSR count). The summed E-state index contributed by atoms with van der Waals surface area (Å²) in [7, 11) is 1.41. The number of nitrogens with one attached hydrogen (secondary N) is 2. The lowest BCUT2D eigenvalue weighted by molar-refractivity contribution is -0.117. The van der Waals surface area contributed by atoms with E-state index in [0.717, 1.165) is 18.4 Å². The summed E-state index contributed by atoms with van der Waals surface area (Å²) >= 11 is 0. The molecule has 0 saturated heterocycles. The Bertz CT molecular complexity index is 818. The maximum absolute atomic E-state index is 13.7. The van der Waals surface area contributed by atoms with Crippen LogP contribution in [0.1, 0.15) is 24.8 Å². The molecule has 0 radical (unpaired) electrons. The van der Waals surface area contributed by atoms with Gasteiger partial charge in [0.15, 0.2) is 11.6 Å². The first-order chi connectivity index (χ1) is 12.5. The molecule has 0 aliphatic heterocycles. The highest BCUT2D eigenvalue weighted by atomic mass is 19.1. The Labute approximate surface area is 151 Å². The molecule has 2 aromatic rings. The monoisotopic (exact) mass is 356 g/mol. The lowest BCUT2D eigenvalue weighted by Crippen LogP contribution is -2.15. The minimum atomic E-state index is -0.440. The second-order valence-electron chi connectivity index (χ2n) is 6.36. The summed E-state index contributed by atoms with van der Waals surface area (Å²) in [5, 5.41) is 5.65. The third kappa shape index (κ3) is 4.81. The number of ether oxygens (including phenoxy) is 1. The molecule has 26 heavy (non-hydrogen) atoms. The molecule has 1 aliphatic carbocycles. The van der Waals surface area contributed by atoms with E-state index in [2.05, 4.69) is 10.6 Å². The van der Waals surface area contributed by atoms with Crippen molar-refractivity contribution in [1.82, 2.24) is 0 Å². The number of rotatable bonds is 7. The van der Waals surface area contributed by atoms with Crippen molar-refractivity contribution in [2.24, 2.45) is 5.92 Å². The van der Waals surface area contributed by atoms with E-state index in [1.54, 1.807) is 36.4 Å². The summed E-state index contributed by atoms with van der Waals surface area (Å²) in [6.07, 6.45) is 2.53. The lowest BCUT2D eigenvalue weighted by Gasteiger charge is -2.09. The molecule has 136 valence electrons. The molecule has 0 aromatic heterocycles. The summed E-state index contributed by atoms with van der Waals surface area (Å²) in [5.74, 6) is -0.284. The lowest BCUT2D eigenvalue weighted by atomic mass is 10.1. The van der Waals surface area contributed by atoms with E-state index < -0.39 is 5.82 Å². The van der Waals surface area contributed by atoms with E-state index >= 15 is 0 Å². The first-order valence-electron chi connectivity index (χ1n) is 8.58. The van der Waals surface area contributed by atoms with Gasteiger partial charge in [-0.2, -0.15) is 0 Å². The van der Waals surface area contributed by atoms with E-state index in [9.17, 15) is 14.0 Å². The number of carbonyl (C=O) groups is 2. The van der Waals surface area contributed by atoms with Crippen molar-refractivity contribution in [2.45, 2.75) is 25.7 Å². The van der Waals surface area contributed by atoms with E-state index in [0.29, 0.717) is 17.8 Å². The van der Waals surface area contributed by atoms with Gasteiger partial charge in [0.2, 0.25) is 11.8 Å². The summed E-state index contributed by atoms with van der Waals surface area (Å²) in [6.45, 7) is 0. The van der Waals surface area contributed by atoms with Gasteiger partial charge in [0.05, 0.1) is 7.11 Å². The van der Waals surface area contributed by atoms with Gasteiger partial charge in [0.25, 0.3) is 0 Å². The van der Waals surface area contributed by atoms with Crippen LogP contribution in [0.4, 0.5) is 15.8 Å². The van der Waals surface area contributed by atoms with E-state index in [1.165, 1.54) is 13.2 Å². The number of amides is 2. The average Bonchev–Trinajstić information content (AvgIpc) is 3.45. The van der Waals surface area contributed by atoms with Crippen LogP contribution >= 0.6 is 0 Å². The quantitative estimate of drug-likeness (QED) is 0.794. The highest BCUT2D eigenvalue weighted by molar-refractivity contribution is 5.96. The predicted octanol–water partition coefficient (Wildman–Crippen LogP) is 3.75. The van der Waals surface area contributed by atoms with E-state index in [-0.39, 0.29) is 29.9 Å². The molecule has 0 heterocycles. The number of carbonyl (C=O) groups excluding carboxylic acids is 2. The zero-order chi connectivity index (χ0) is 18.5. The highest BCUT2D eigenvalue weighted by Gasteiger charge is 2.29. The van der Waals surface area contributed by atoms with Gasteiger partial charge in [-0.3, -0.25) is 9.59 Å². The van der Waals surface area contributed by atoms with Gasteiger partial charge in [-0.1, -0.05) is 12.1 Å². The molecule has 6 heteroatoms. The normalized spacial score (nSPS) is 13.2. The molecule has 2 amide bonds. The van der Waals surface area contributed by atoms with Crippen LogP contribution in [0.5, 0.6) is 5.75 Å². The number of methoxy groups -OCH3 is 1. The first kappa shape index (κ1) is 17.9. The highest BCUT2D eigenvalue weighted by Crippen LogP contribution is 2.30. The third-order valence-corrected chi connectivity index (χ3v) is 4.22. The maximum atomic E-state index is 13.7. The second-order valence-corrected chi connectivity index (χ2v) is 6.36. The fourth-order valence-electron chi connectivity index (χ4n) is 2.61. The molecule has 2 N–H and O–H groups in total. The van der Waals surface area contributed by atoms with Gasteiger partial charge in [-0.15, -0.1) is 0 Å². The molecule has 1 aliphatic rings. The molecule has 0 unspecified atom stereocenters. The zero-order valence-corrected chi connectivity index (χ0v) is 14.5. The SMILES string of the molecule is COc1ccc(CCC(=O)Nc2cccc(NC(=O)C3CC3)c2)cc1F. The Hall–Kier alpha value is -2.89. The Morgan fingerprint density at radius 1 is 1.12 bits per heavy atom. The Balaban J connectivity index is 1.52. The van der Waals surface area contributed by atoms with Gasteiger partial charge >= 0.3 is 0 Å². The maximum Gasteiger partial charge on any atom is 0.227 e. The Morgan fingerprint density at radius 2 is 1.85 bits per heavy atom. The van der Waals surface area contributed by atoms with Gasteiger partial charge in [0, 0.05) is 23.7 Å². The number of hydrogen-bond donors (Lipinski definition) is 2. The van der Waals surface area contributed by atoms with Crippen LogP contribution in [0.3, 0.4) is 0 Å². The number of aryl methyl sites for hydroxylation is 1. The van der Waals surface area contributed by atoms with Crippen molar-refractivity contribution < 1.29 is 18.7 Å². The molecular formula is C20H21FN2O3. The topological polar surface area (TPSA) is 67.4 Å². The van der Waals surface area contributed by atoms with Gasteiger partial charge in [0.1, 0.15) is 0 Å². The van der Waals surface area contributed by atoms with Gasteiger partial charge in [-0.05, 0) is 55.2 Å². The Kier molecular flexibility index (Phi) is 5.51. The molecule has 0 bridgehead atoms. The molecule has 0 spiro atoms. The average molecular weight is 356 g/mol. The first-order valence-corrected chi connectivity index (χ1v) is 8.58. The minimum Gasteiger partial charge on any atom is -0.494 e. The van der Waals surface area contributed by atoms with Crippen LogP contribution in [0, 0.1) is 11.7 Å². The predicted molar refractivity (Wildman–Crippen MR) is 97.7 cm³/mol. The van der Waals surface area contributed by atoms with Crippen LogP contribution in [-0.4, -0.2) is 18.9 Å². The summed E-state index contributed by atoms with van der Waals surface area (Å²) in [4.78, 5) is 23.9. The van der Waals surface area contributed by atoms with Crippen LogP contribution in [0.2, 0.25) is 0 Å². The van der Waals surface area contributed by atoms with Crippen LogP contribution < -0.4 is 15.4 Å².